The van der Waals surface area contributed by atoms with Crippen LogP contribution in [-0.2, 0) is 55.4 Å². The van der Waals surface area contributed by atoms with Gasteiger partial charge in [0.25, 0.3) is 0 Å². The Morgan fingerprint density at radius 1 is 0.649 bits per heavy atom. The Hall–Kier alpha value is 0.147. The first-order chi connectivity index (χ1) is 25.7. The topological polar surface area (TPSA) is 121 Å². The molecule has 0 bridgehead atoms. The van der Waals surface area contributed by atoms with Crippen molar-refractivity contribution in [3.05, 3.63) is 63.8 Å². The maximum absolute atomic E-state index is 11.2. The van der Waals surface area contributed by atoms with Gasteiger partial charge >= 0.3 is 18.9 Å². The minimum absolute atomic E-state index is 0. The van der Waals surface area contributed by atoms with Crippen molar-refractivity contribution in [1.29, 1.82) is 0 Å². The van der Waals surface area contributed by atoms with E-state index < -0.39 is 47.1 Å². The van der Waals surface area contributed by atoms with Crippen LogP contribution in [0.25, 0.3) is 0 Å². The number of carbonyl (C=O) groups is 1. The number of carbonyl (C=O) groups excluding carboxylic acids is 1. The van der Waals surface area contributed by atoms with Gasteiger partial charge in [0.05, 0.1) is 24.2 Å². The number of unbranched alkanes of at least 4 members (excludes halogenated alkanes) is 1. The van der Waals surface area contributed by atoms with Crippen LogP contribution in [0.15, 0.2) is 56.9 Å². The fourth-order valence-electron chi connectivity index (χ4n) is 3.61. The molecule has 0 fully saturated rings. The van der Waals surface area contributed by atoms with Crippen molar-refractivity contribution in [1.82, 2.24) is 0 Å². The number of Topliss-reactive ketones (excluding diaryl/α,β-unsaturated/α-hetero) is 1. The molecule has 0 aliphatic rings. The quantitative estimate of drug-likeness (QED) is 0.0509. The van der Waals surface area contributed by atoms with Crippen LogP contribution >= 0.6 is 26.5 Å². The summed E-state index contributed by atoms with van der Waals surface area (Å²) in [7, 11) is -7.39. The molecule has 0 aromatic rings. The molecule has 57 heavy (non-hydrogen) atoms. The van der Waals surface area contributed by atoms with Gasteiger partial charge in [0.1, 0.15) is 5.78 Å². The molecule has 0 radical (unpaired) electrons. The van der Waals surface area contributed by atoms with Crippen molar-refractivity contribution in [3.8, 4) is 0 Å². The van der Waals surface area contributed by atoms with Crippen LogP contribution in [0.3, 0.4) is 0 Å². The summed E-state index contributed by atoms with van der Waals surface area (Å²) < 4.78 is 64.4. The summed E-state index contributed by atoms with van der Waals surface area (Å²) >= 11 is 1.56. The van der Waals surface area contributed by atoms with Gasteiger partial charge in [-0.15, -0.1) is 0 Å². The van der Waals surface area contributed by atoms with Crippen LogP contribution in [0, 0.1) is 6.92 Å². The van der Waals surface area contributed by atoms with E-state index in [1.807, 2.05) is 51.7 Å². The Labute approximate surface area is 377 Å². The Kier molecular flexibility index (Phi) is 61.3. The third-order valence-electron chi connectivity index (χ3n) is 5.90. The van der Waals surface area contributed by atoms with Gasteiger partial charge in [-0.2, -0.15) is 18.2 Å². The molecule has 0 aliphatic heterocycles. The van der Waals surface area contributed by atoms with Crippen molar-refractivity contribution in [2.75, 3.05) is 62.6 Å². The summed E-state index contributed by atoms with van der Waals surface area (Å²) in [6.07, 6.45) is 21.4. The summed E-state index contributed by atoms with van der Waals surface area (Å²) in [4.78, 5) is 10.4. The first kappa shape index (κ1) is 71.6. The Morgan fingerprint density at radius 3 is 1.19 bits per heavy atom. The molecular formula is C42H85LiO8P2S4. The van der Waals surface area contributed by atoms with Crippen molar-refractivity contribution < 1.29 is 54.5 Å². The van der Waals surface area contributed by atoms with E-state index in [1.165, 1.54) is 47.2 Å². The molecule has 5 atom stereocenters. The second-order valence-corrected chi connectivity index (χ2v) is 24.8. The van der Waals surface area contributed by atoms with Gasteiger partial charge in [0, 0.05) is 81.7 Å². The maximum Gasteiger partial charge on any atom is 1.00 e. The van der Waals surface area contributed by atoms with Gasteiger partial charge in [-0.3, -0.25) is 21.8 Å². The average Bonchev–Trinajstić information content (AvgIpc) is 3.00. The van der Waals surface area contributed by atoms with Crippen LogP contribution in [0.2, 0.25) is 0 Å². The van der Waals surface area contributed by atoms with Crippen LogP contribution in [0.5, 0.6) is 0 Å². The van der Waals surface area contributed by atoms with Crippen LogP contribution in [0.1, 0.15) is 134 Å². The van der Waals surface area contributed by atoms with Gasteiger partial charge in [-0.1, -0.05) is 59.4 Å². The second kappa shape index (κ2) is 48.8. The first-order valence-corrected chi connectivity index (χ1v) is 29.9. The van der Waals surface area contributed by atoms with E-state index in [0.29, 0.717) is 25.1 Å². The summed E-state index contributed by atoms with van der Waals surface area (Å²) in [5, 5.41) is 3.64. The van der Waals surface area contributed by atoms with Gasteiger partial charge < -0.3 is 20.8 Å². The normalized spacial score (nSPS) is 14.1. The molecule has 0 amide bonds. The molecule has 0 saturated carbocycles. The van der Waals surface area contributed by atoms with E-state index >= 15 is 0 Å². The van der Waals surface area contributed by atoms with Crippen molar-refractivity contribution in [2.24, 2.45) is 0 Å². The summed E-state index contributed by atoms with van der Waals surface area (Å²) in [5.41, 5.74) is 7.21. The zero-order chi connectivity index (χ0) is 45.3. The predicted octanol–water partition coefficient (Wildman–Crippen LogP) is 10.5. The number of rotatable bonds is 20. The minimum Gasteiger partial charge on any atom is -0.343 e. The van der Waals surface area contributed by atoms with Crippen molar-refractivity contribution in [3.63, 3.8) is 0 Å². The zero-order valence-corrected chi connectivity index (χ0v) is 44.9. The van der Waals surface area contributed by atoms with E-state index in [9.17, 15) is 26.6 Å². The fraction of sp³-hybridized carbons (Fsp3) is 0.714. The van der Waals surface area contributed by atoms with Gasteiger partial charge in [0.2, 0.25) is 14.7 Å². The number of hydrogen-bond acceptors (Lipinski definition) is 9. The van der Waals surface area contributed by atoms with Crippen LogP contribution in [-0.4, -0.2) is 81.0 Å². The molecule has 0 aromatic carbocycles. The monoisotopic (exact) mass is 914 g/mol. The third-order valence-corrected chi connectivity index (χ3v) is 15.2. The van der Waals surface area contributed by atoms with E-state index in [0.717, 1.165) is 38.5 Å². The summed E-state index contributed by atoms with van der Waals surface area (Å²) in [6, 6.07) is 0. The van der Waals surface area contributed by atoms with Crippen LogP contribution < -0.4 is 18.9 Å². The minimum atomic E-state index is -2.55. The third kappa shape index (κ3) is 84.5. The van der Waals surface area contributed by atoms with E-state index in [-0.39, 0.29) is 30.1 Å². The molecule has 0 aliphatic carbocycles. The number of allylic oxidation sites excluding steroid dienone is 8. The molecule has 5 unspecified atom stereocenters. The predicted molar refractivity (Wildman–Crippen MR) is 260 cm³/mol. The largest absolute Gasteiger partial charge is 1.00 e. The van der Waals surface area contributed by atoms with Gasteiger partial charge in [-0.25, -0.2) is 0 Å². The standard InChI is InChI=1S/2C10H18OS.C8H14O.C5H13O3PS.C5H13O2PS.C4H9.Li/c2*1-9(2)6-5-7-10(3)8-12(4)11;1-7(2)5-4-6-8(3)9;1-4-8-9(2,6)5-10(3)7;1-4-7-8(2,6)5-9-3;1-3-4-2;/h2*6,8H,5,7H2,1-4H3;5H,4,6H2,1-3H3;4-5H2,1-3H3;4-5H2,1-3H3;1,3-4H2,2H3;/q;;;;;-1;+1/b10-8+;10-8-;;;;;. The SMILES string of the molecule is CC(=O)CCC=C(C)C.CC(C)=CCC/C(C)=C/S(C)=O.CC(C)=CCC/C(C)=C\S(C)=O.CCOP(C)(=O)CS(C)=O.CCOP(C)(=O)CSC.[CH2-]CCC.[Li+]. The average molecular weight is 915 g/mol. The van der Waals surface area contributed by atoms with E-state index in [1.54, 1.807) is 44.8 Å². The molecule has 0 N–H and O–H groups in total. The Balaban J connectivity index is -0.000000107. The molecule has 15 heteroatoms. The van der Waals surface area contributed by atoms with Crippen molar-refractivity contribution >= 4 is 64.7 Å². The van der Waals surface area contributed by atoms with Crippen molar-refractivity contribution in [2.45, 2.75) is 134 Å². The molecule has 0 saturated heterocycles. The Morgan fingerprint density at radius 2 is 0.965 bits per heavy atom. The first-order valence-electron chi connectivity index (χ1n) is 19.1. The van der Waals surface area contributed by atoms with Gasteiger partial charge in [-0.05, 0) is 115 Å². The number of ketones is 1. The molecule has 0 heterocycles. The number of hydrogen-bond donors (Lipinski definition) is 0. The van der Waals surface area contributed by atoms with E-state index in [2.05, 4.69) is 59.8 Å². The molecule has 336 valence electrons. The molecular weight excluding hydrogens is 830 g/mol. The molecule has 8 nitrogen and oxygen atoms in total. The Bertz CT molecular complexity index is 1250. The smallest absolute Gasteiger partial charge is 0.343 e. The molecule has 0 rings (SSSR count). The summed E-state index contributed by atoms with van der Waals surface area (Å²) in [5.74, 6) is 0.271. The van der Waals surface area contributed by atoms with E-state index in [4.69, 9.17) is 9.05 Å². The van der Waals surface area contributed by atoms with Gasteiger partial charge in [0.15, 0.2) is 0 Å². The second-order valence-electron chi connectivity index (χ2n) is 13.9. The summed E-state index contributed by atoms with van der Waals surface area (Å²) in [6.45, 7) is 31.6. The molecule has 0 aromatic heterocycles. The molecule has 0 spiro atoms. The van der Waals surface area contributed by atoms with Crippen LogP contribution in [0.4, 0.5) is 0 Å². The maximum atomic E-state index is 11.2. The fourth-order valence-corrected chi connectivity index (χ4v) is 11.2. The zero-order valence-electron chi connectivity index (χ0n) is 39.9. The number of thioether (sulfide) groups is 1.